The minimum atomic E-state index is 0.322. The molecule has 2 saturated heterocycles. The number of ether oxygens (including phenoxy) is 1. The number of likely N-dealkylation sites (tertiary alicyclic amines) is 2. The van der Waals surface area contributed by atoms with Gasteiger partial charge in [0.05, 0.1) is 7.11 Å². The molecule has 0 bridgehead atoms. The molecule has 0 N–H and O–H groups in total. The van der Waals surface area contributed by atoms with E-state index in [-0.39, 0.29) is 0 Å². The molecular weight excluding hydrogens is 336 g/mol. The molecular formula is C23H32N2O2. The van der Waals surface area contributed by atoms with Gasteiger partial charge in [-0.1, -0.05) is 25.0 Å². The summed E-state index contributed by atoms with van der Waals surface area (Å²) in [5, 5.41) is 0. The van der Waals surface area contributed by atoms with Crippen LogP contribution in [-0.2, 0) is 4.79 Å². The summed E-state index contributed by atoms with van der Waals surface area (Å²) in [5.41, 5.74) is 1.35. The van der Waals surface area contributed by atoms with Gasteiger partial charge in [0.25, 0.3) is 0 Å². The maximum atomic E-state index is 13.0. The highest BCUT2D eigenvalue weighted by atomic mass is 16.5. The van der Waals surface area contributed by atoms with Crippen molar-refractivity contribution < 1.29 is 9.53 Å². The molecule has 2 aliphatic carbocycles. The number of methoxy groups -OCH3 is 1. The molecule has 2 aliphatic heterocycles. The Labute approximate surface area is 162 Å². The molecule has 0 unspecified atom stereocenters. The van der Waals surface area contributed by atoms with Crippen LogP contribution in [0.5, 0.6) is 5.75 Å². The first-order valence-corrected chi connectivity index (χ1v) is 10.9. The van der Waals surface area contributed by atoms with Gasteiger partial charge in [-0.05, 0) is 49.8 Å². The zero-order chi connectivity index (χ0) is 18.4. The summed E-state index contributed by atoms with van der Waals surface area (Å²) in [6.45, 7) is 3.23. The predicted molar refractivity (Wildman–Crippen MR) is 106 cm³/mol. The van der Waals surface area contributed by atoms with E-state index < -0.39 is 0 Å². The van der Waals surface area contributed by atoms with Crippen molar-refractivity contribution in [1.82, 2.24) is 9.80 Å². The number of hydrogen-bond donors (Lipinski definition) is 0. The fraction of sp³-hybridized carbons (Fsp3) is 0.696. The number of hydrogen-bond acceptors (Lipinski definition) is 3. The van der Waals surface area contributed by atoms with Crippen LogP contribution in [0.2, 0.25) is 0 Å². The van der Waals surface area contributed by atoms with E-state index in [0.717, 1.165) is 44.1 Å². The highest BCUT2D eigenvalue weighted by Crippen LogP contribution is 2.45. The molecule has 5 rings (SSSR count). The molecule has 2 heterocycles. The van der Waals surface area contributed by atoms with E-state index in [4.69, 9.17) is 4.74 Å². The first kappa shape index (κ1) is 17.5. The number of rotatable bonds is 4. The Morgan fingerprint density at radius 3 is 2.63 bits per heavy atom. The van der Waals surface area contributed by atoms with Gasteiger partial charge in [0.2, 0.25) is 5.91 Å². The number of carbonyl (C=O) groups excluding carboxylic acids is 1. The molecule has 0 spiro atoms. The predicted octanol–water partition coefficient (Wildman–Crippen LogP) is 3.66. The zero-order valence-electron chi connectivity index (χ0n) is 16.5. The SMILES string of the molecule is COc1cccc([C@@H]2CN(C(=O)C3CC3)[C@H]3CCN(C4CCCC4)C[C@@H]23)c1. The monoisotopic (exact) mass is 368 g/mol. The second-order valence-electron chi connectivity index (χ2n) is 9.10. The maximum absolute atomic E-state index is 13.0. The van der Waals surface area contributed by atoms with Gasteiger partial charge in [0.1, 0.15) is 5.75 Å². The minimum absolute atomic E-state index is 0.322. The summed E-state index contributed by atoms with van der Waals surface area (Å²) in [5.74, 6) is 2.69. The molecule has 1 aromatic carbocycles. The van der Waals surface area contributed by atoms with Crippen LogP contribution in [0.25, 0.3) is 0 Å². The molecule has 4 aliphatic rings. The number of carbonyl (C=O) groups is 1. The van der Waals surface area contributed by atoms with Crippen LogP contribution in [0.1, 0.15) is 56.4 Å². The largest absolute Gasteiger partial charge is 0.497 e. The van der Waals surface area contributed by atoms with Crippen molar-refractivity contribution >= 4 is 5.91 Å². The van der Waals surface area contributed by atoms with E-state index in [0.29, 0.717) is 29.7 Å². The van der Waals surface area contributed by atoms with Gasteiger partial charge in [-0.25, -0.2) is 0 Å². The van der Waals surface area contributed by atoms with E-state index >= 15 is 0 Å². The van der Waals surface area contributed by atoms with Crippen molar-refractivity contribution in [2.75, 3.05) is 26.7 Å². The third-order valence-electron chi connectivity index (χ3n) is 7.53. The van der Waals surface area contributed by atoms with Crippen LogP contribution in [0.3, 0.4) is 0 Å². The van der Waals surface area contributed by atoms with Crippen LogP contribution in [-0.4, -0.2) is 54.5 Å². The zero-order valence-corrected chi connectivity index (χ0v) is 16.5. The van der Waals surface area contributed by atoms with E-state index in [1.54, 1.807) is 7.11 Å². The van der Waals surface area contributed by atoms with E-state index in [2.05, 4.69) is 28.0 Å². The molecule has 4 fully saturated rings. The van der Waals surface area contributed by atoms with Gasteiger partial charge in [-0.2, -0.15) is 0 Å². The third-order valence-corrected chi connectivity index (χ3v) is 7.53. The molecule has 2 saturated carbocycles. The van der Waals surface area contributed by atoms with E-state index in [1.807, 2.05) is 6.07 Å². The number of nitrogens with zero attached hydrogens (tertiary/aromatic N) is 2. The average Bonchev–Trinajstić information content (AvgIpc) is 3.28. The highest BCUT2D eigenvalue weighted by molar-refractivity contribution is 5.82. The van der Waals surface area contributed by atoms with Crippen molar-refractivity contribution in [3.8, 4) is 5.75 Å². The van der Waals surface area contributed by atoms with Crippen molar-refractivity contribution in [1.29, 1.82) is 0 Å². The van der Waals surface area contributed by atoms with Crippen LogP contribution in [0.4, 0.5) is 0 Å². The minimum Gasteiger partial charge on any atom is -0.497 e. The average molecular weight is 369 g/mol. The summed E-state index contributed by atoms with van der Waals surface area (Å²) in [7, 11) is 1.74. The lowest BCUT2D eigenvalue weighted by Gasteiger charge is -2.41. The molecule has 146 valence electrons. The normalized spacial score (nSPS) is 31.9. The maximum Gasteiger partial charge on any atom is 0.225 e. The first-order valence-electron chi connectivity index (χ1n) is 10.9. The fourth-order valence-electron chi connectivity index (χ4n) is 5.90. The quantitative estimate of drug-likeness (QED) is 0.813. The Morgan fingerprint density at radius 2 is 1.89 bits per heavy atom. The number of piperidine rings is 1. The van der Waals surface area contributed by atoms with Gasteiger partial charge < -0.3 is 9.64 Å². The lowest BCUT2D eigenvalue weighted by molar-refractivity contribution is -0.134. The third kappa shape index (κ3) is 3.26. The molecule has 0 aromatic heterocycles. The van der Waals surface area contributed by atoms with Crippen molar-refractivity contribution in [2.24, 2.45) is 11.8 Å². The van der Waals surface area contributed by atoms with Gasteiger partial charge in [0, 0.05) is 49.5 Å². The van der Waals surface area contributed by atoms with Crippen molar-refractivity contribution in [3.05, 3.63) is 29.8 Å². The summed E-state index contributed by atoms with van der Waals surface area (Å²) in [4.78, 5) is 18.0. The van der Waals surface area contributed by atoms with Gasteiger partial charge in [0.15, 0.2) is 0 Å². The number of benzene rings is 1. The second kappa shape index (κ2) is 7.12. The molecule has 4 nitrogen and oxygen atoms in total. The lowest BCUT2D eigenvalue weighted by atomic mass is 9.81. The number of amides is 1. The number of fused-ring (bicyclic) bond motifs is 1. The van der Waals surface area contributed by atoms with Crippen LogP contribution >= 0.6 is 0 Å². The van der Waals surface area contributed by atoms with E-state index in [1.165, 1.54) is 37.8 Å². The molecule has 27 heavy (non-hydrogen) atoms. The Hall–Kier alpha value is -1.55. The topological polar surface area (TPSA) is 32.8 Å². The Morgan fingerprint density at radius 1 is 1.07 bits per heavy atom. The summed E-state index contributed by atoms with van der Waals surface area (Å²) in [6, 6.07) is 9.78. The smallest absolute Gasteiger partial charge is 0.225 e. The molecule has 4 heteroatoms. The van der Waals surface area contributed by atoms with Crippen LogP contribution < -0.4 is 4.74 Å². The molecule has 1 aromatic rings. The fourth-order valence-corrected chi connectivity index (χ4v) is 5.90. The summed E-state index contributed by atoms with van der Waals surface area (Å²) in [6.07, 6.45) is 8.87. The van der Waals surface area contributed by atoms with Crippen molar-refractivity contribution in [2.45, 2.75) is 62.9 Å². The Balaban J connectivity index is 1.42. The molecule has 1 amide bonds. The summed E-state index contributed by atoms with van der Waals surface area (Å²) >= 11 is 0. The lowest BCUT2D eigenvalue weighted by Crippen LogP contribution is -2.50. The van der Waals surface area contributed by atoms with Gasteiger partial charge in [-0.3, -0.25) is 9.69 Å². The van der Waals surface area contributed by atoms with Crippen molar-refractivity contribution in [3.63, 3.8) is 0 Å². The molecule has 0 radical (unpaired) electrons. The first-order chi connectivity index (χ1) is 13.2. The molecule has 3 atom stereocenters. The van der Waals surface area contributed by atoms with E-state index in [9.17, 15) is 4.79 Å². The highest BCUT2D eigenvalue weighted by Gasteiger charge is 2.50. The van der Waals surface area contributed by atoms with Crippen LogP contribution in [0.15, 0.2) is 24.3 Å². The van der Waals surface area contributed by atoms with Gasteiger partial charge in [-0.15, -0.1) is 0 Å². The second-order valence-corrected chi connectivity index (χ2v) is 9.10. The Kier molecular flexibility index (Phi) is 4.63. The summed E-state index contributed by atoms with van der Waals surface area (Å²) < 4.78 is 5.48. The standard InChI is InChI=1S/C23H32N2O2/c1-27-19-8-4-5-17(13-19)20-15-25(23(26)16-9-10-16)22-11-12-24(14-21(20)22)18-6-2-3-7-18/h4-5,8,13,16,18,20-22H,2-3,6-7,9-12,14-15H2,1H3/t20-,21-,22-/m0/s1. The Bertz CT molecular complexity index is 695. The van der Waals surface area contributed by atoms with Crippen LogP contribution in [0, 0.1) is 11.8 Å². The van der Waals surface area contributed by atoms with Gasteiger partial charge >= 0.3 is 0 Å².